The Morgan fingerprint density at radius 1 is 0.625 bits per heavy atom. The van der Waals surface area contributed by atoms with Crippen molar-refractivity contribution in [1.29, 1.82) is 0 Å². The molecule has 0 aliphatic carbocycles. The molecule has 0 saturated carbocycles. The molecule has 0 saturated heterocycles. The summed E-state index contributed by atoms with van der Waals surface area (Å²) in [5.74, 6) is 0. The first-order valence-electron chi connectivity index (χ1n) is 0.943. The van der Waals surface area contributed by atoms with Crippen molar-refractivity contribution in [2.24, 2.45) is 0 Å². The zero-order chi connectivity index (χ0) is 5.41. The monoisotopic (exact) mass is 142 g/mol. The predicted molar refractivity (Wildman–Crippen MR) is 17.3 cm³/mol. The molecule has 0 atom stereocenters. The van der Waals surface area contributed by atoms with Gasteiger partial charge >= 0.3 is 59.1 Å². The van der Waals surface area contributed by atoms with Crippen molar-refractivity contribution in [2.75, 3.05) is 0 Å². The largest absolute Gasteiger partial charge is 1.00 e. The van der Waals surface area contributed by atoms with Crippen LogP contribution in [0.2, 0.25) is 0 Å². The molecule has 6 nitrogen and oxygen atoms in total. The van der Waals surface area contributed by atoms with Gasteiger partial charge in [0.15, 0.2) is 0 Å². The minimum Gasteiger partial charge on any atom is -0.635 e. The molecule has 0 amide bonds. The van der Waals surface area contributed by atoms with E-state index in [1.54, 1.807) is 0 Å². The van der Waals surface area contributed by atoms with E-state index in [0.29, 0.717) is 0 Å². The first-order chi connectivity index (χ1) is 2.83. The van der Waals surface area contributed by atoms with Crippen LogP contribution in [0.5, 0.6) is 0 Å². The predicted octanol–water partition coefficient (Wildman–Crippen LogP) is -8.90. The van der Waals surface area contributed by atoms with Crippen LogP contribution in [0, 0.1) is 20.8 Å². The summed E-state index contributed by atoms with van der Waals surface area (Å²) in [6.45, 7) is 0. The molecule has 8 heavy (non-hydrogen) atoms. The van der Waals surface area contributed by atoms with E-state index in [0.717, 1.165) is 0 Å². The van der Waals surface area contributed by atoms with Crippen molar-refractivity contribution in [1.82, 2.24) is 0 Å². The number of quaternary nitrogens is 2. The summed E-state index contributed by atoms with van der Waals surface area (Å²) in [6, 6.07) is 0. The van der Waals surface area contributed by atoms with Gasteiger partial charge in [-0.1, -0.05) is 0 Å². The summed E-state index contributed by atoms with van der Waals surface area (Å²) < 4.78 is 0. The Labute approximate surface area is 90.3 Å². The van der Waals surface area contributed by atoms with Gasteiger partial charge in [0.1, 0.15) is 0 Å². The average molecular weight is 142 g/mol. The van der Waals surface area contributed by atoms with E-state index in [4.69, 9.17) is 20.8 Å². The molecule has 0 aromatic carbocycles. The molecule has 0 rings (SSSR count). The molecular weight excluding hydrogens is 138 g/mol. The second-order valence-corrected chi connectivity index (χ2v) is 0.192. The topological polar surface area (TPSA) is 125 Å². The SMILES string of the molecule is [Na+].[Na+].[O-][NH2+][O-].[O-][NH2+][O-]. The molecule has 0 aromatic heterocycles. The van der Waals surface area contributed by atoms with Gasteiger partial charge in [0.2, 0.25) is 0 Å². The number of rotatable bonds is 0. The first-order valence-corrected chi connectivity index (χ1v) is 0.943. The van der Waals surface area contributed by atoms with E-state index in [1.807, 2.05) is 0 Å². The molecule has 0 aliphatic rings. The number of nitrogens with two attached hydrogens (primary N) is 2. The molecule has 8 heteroatoms. The molecule has 0 aromatic rings. The summed E-state index contributed by atoms with van der Waals surface area (Å²) in [6.07, 6.45) is 0. The van der Waals surface area contributed by atoms with E-state index in [1.165, 1.54) is 0 Å². The Morgan fingerprint density at radius 2 is 0.625 bits per heavy atom. The summed E-state index contributed by atoms with van der Waals surface area (Å²) in [5, 5.41) is 33.0. The normalized spacial score (nSPS) is 4.50. The van der Waals surface area contributed by atoms with Crippen LogP contribution in [0.25, 0.3) is 0 Å². The van der Waals surface area contributed by atoms with Gasteiger partial charge in [-0.2, -0.15) is 0 Å². The van der Waals surface area contributed by atoms with Crippen LogP contribution in [-0.4, -0.2) is 0 Å². The van der Waals surface area contributed by atoms with Gasteiger partial charge < -0.3 is 32.1 Å². The van der Waals surface area contributed by atoms with Crippen molar-refractivity contribution in [3.63, 3.8) is 0 Å². The fourth-order valence-corrected chi connectivity index (χ4v) is 0. The van der Waals surface area contributed by atoms with Crippen molar-refractivity contribution >= 4 is 0 Å². The van der Waals surface area contributed by atoms with Crippen molar-refractivity contribution in [3.05, 3.63) is 20.8 Å². The molecule has 0 radical (unpaired) electrons. The fourth-order valence-electron chi connectivity index (χ4n) is 0. The maximum atomic E-state index is 8.25. The van der Waals surface area contributed by atoms with E-state index >= 15 is 0 Å². The molecular formula is H4N2Na2O4. The summed E-state index contributed by atoms with van der Waals surface area (Å²) in [5.41, 5.74) is -1.00. The Bertz CT molecular complexity index is 14.0. The van der Waals surface area contributed by atoms with Crippen LogP contribution in [0.4, 0.5) is 0 Å². The van der Waals surface area contributed by atoms with E-state index in [-0.39, 0.29) is 59.1 Å². The van der Waals surface area contributed by atoms with Gasteiger partial charge in [0.05, 0.1) is 0 Å². The molecule has 0 fully saturated rings. The molecule has 0 unspecified atom stereocenters. The minimum atomic E-state index is -0.500. The average Bonchev–Trinajstić information content (AvgIpc) is 1.39. The van der Waals surface area contributed by atoms with Gasteiger partial charge in [-0.25, -0.2) is 0 Å². The molecule has 0 aliphatic heterocycles. The van der Waals surface area contributed by atoms with E-state index < -0.39 is 11.3 Å². The van der Waals surface area contributed by atoms with Crippen LogP contribution < -0.4 is 70.4 Å². The van der Waals surface area contributed by atoms with Crippen LogP contribution in [0.3, 0.4) is 0 Å². The number of hydrogen-bond donors (Lipinski definition) is 2. The van der Waals surface area contributed by atoms with Gasteiger partial charge in [-0.3, -0.25) is 0 Å². The van der Waals surface area contributed by atoms with Crippen LogP contribution in [0.1, 0.15) is 0 Å². The Morgan fingerprint density at radius 3 is 0.625 bits per heavy atom. The van der Waals surface area contributed by atoms with E-state index in [2.05, 4.69) is 0 Å². The zero-order valence-electron chi connectivity index (χ0n) is 4.79. The van der Waals surface area contributed by atoms with E-state index in [9.17, 15) is 0 Å². The third-order valence-electron chi connectivity index (χ3n) is 0. The van der Waals surface area contributed by atoms with Crippen LogP contribution in [-0.2, 0) is 0 Å². The minimum absolute atomic E-state index is 0. The fraction of sp³-hybridized carbons (Fsp3) is 0. The quantitative estimate of drug-likeness (QED) is 0.257. The Hall–Kier alpha value is 1.76. The van der Waals surface area contributed by atoms with Crippen molar-refractivity contribution in [3.8, 4) is 0 Å². The van der Waals surface area contributed by atoms with Crippen LogP contribution >= 0.6 is 0 Å². The van der Waals surface area contributed by atoms with Crippen LogP contribution in [0.15, 0.2) is 0 Å². The molecule has 0 heterocycles. The Kier molecular flexibility index (Phi) is 105. The summed E-state index contributed by atoms with van der Waals surface area (Å²) >= 11 is 0. The molecule has 0 bridgehead atoms. The molecule has 0 spiro atoms. The standard InChI is InChI=1S/2H2NO2.2Na/c2*2-1-3;;/h2*1H2;;/q2*-1;2*+1. The zero-order valence-corrected chi connectivity index (χ0v) is 8.79. The first kappa shape index (κ1) is 22.6. The third kappa shape index (κ3) is 114. The van der Waals surface area contributed by atoms with Gasteiger partial charge in [-0.15, -0.1) is 0 Å². The maximum absolute atomic E-state index is 8.25. The smallest absolute Gasteiger partial charge is 0.635 e. The van der Waals surface area contributed by atoms with Gasteiger partial charge in [0.25, 0.3) is 0 Å². The maximum Gasteiger partial charge on any atom is 1.00 e. The summed E-state index contributed by atoms with van der Waals surface area (Å²) in [7, 11) is 0. The van der Waals surface area contributed by atoms with Gasteiger partial charge in [-0.05, 0) is 0 Å². The van der Waals surface area contributed by atoms with Crippen molar-refractivity contribution in [2.45, 2.75) is 0 Å². The molecule has 4 N–H and O–H groups in total. The second-order valence-electron chi connectivity index (χ2n) is 0.192. The summed E-state index contributed by atoms with van der Waals surface area (Å²) in [4.78, 5) is 0. The second kappa shape index (κ2) is 37.3. The van der Waals surface area contributed by atoms with Crippen molar-refractivity contribution < 1.29 is 70.4 Å². The Balaban J connectivity index is -0.0000000160. The molecule has 40 valence electrons. The van der Waals surface area contributed by atoms with Gasteiger partial charge in [0, 0.05) is 0 Å². The third-order valence-corrected chi connectivity index (χ3v) is 0. The number of hydrogen-bond acceptors (Lipinski definition) is 4.